The van der Waals surface area contributed by atoms with Gasteiger partial charge in [0.1, 0.15) is 5.75 Å². The third-order valence-corrected chi connectivity index (χ3v) is 3.54. The van der Waals surface area contributed by atoms with Gasteiger partial charge in [0.2, 0.25) is 0 Å². The maximum absolute atomic E-state index is 11.3. The maximum Gasteiger partial charge on any atom is 0.377 e. The Kier molecular flexibility index (Phi) is 3.65. The Labute approximate surface area is 105 Å². The predicted octanol–water partition coefficient (Wildman–Crippen LogP) is 2.71. The van der Waals surface area contributed by atoms with Crippen molar-refractivity contribution in [1.82, 2.24) is 0 Å². The predicted molar refractivity (Wildman–Crippen MR) is 65.9 cm³/mol. The van der Waals surface area contributed by atoms with E-state index in [1.165, 1.54) is 31.4 Å². The molecule has 0 aromatic heterocycles. The van der Waals surface area contributed by atoms with Crippen molar-refractivity contribution in [2.45, 2.75) is 38.0 Å². The van der Waals surface area contributed by atoms with Crippen molar-refractivity contribution in [3.05, 3.63) is 29.3 Å². The van der Waals surface area contributed by atoms with E-state index in [0.29, 0.717) is 5.92 Å². The van der Waals surface area contributed by atoms with Gasteiger partial charge in [-0.25, -0.2) is 4.79 Å². The molecule has 0 saturated heterocycles. The average molecular weight is 248 g/mol. The number of ketones is 1. The SMILES string of the molecule is O=C(O)C(=O)c1ccc(C2CCCCC2)cc1O. The molecule has 1 aliphatic carbocycles. The lowest BCUT2D eigenvalue weighted by Gasteiger charge is -2.22. The van der Waals surface area contributed by atoms with E-state index in [1.54, 1.807) is 6.07 Å². The molecule has 0 bridgehead atoms. The van der Waals surface area contributed by atoms with Gasteiger partial charge in [-0.05, 0) is 36.5 Å². The van der Waals surface area contributed by atoms with Crippen molar-refractivity contribution in [2.24, 2.45) is 0 Å². The summed E-state index contributed by atoms with van der Waals surface area (Å²) in [7, 11) is 0. The minimum Gasteiger partial charge on any atom is -0.507 e. The third kappa shape index (κ3) is 2.53. The minimum absolute atomic E-state index is 0.137. The average Bonchev–Trinajstić information content (AvgIpc) is 2.38. The molecule has 2 rings (SSSR count). The van der Waals surface area contributed by atoms with Crippen molar-refractivity contribution in [2.75, 3.05) is 0 Å². The molecule has 0 aliphatic heterocycles. The third-order valence-electron chi connectivity index (χ3n) is 3.54. The van der Waals surface area contributed by atoms with Gasteiger partial charge in [-0.2, -0.15) is 0 Å². The Hall–Kier alpha value is -1.84. The molecular formula is C14H16O4. The fourth-order valence-electron chi connectivity index (χ4n) is 2.55. The summed E-state index contributed by atoms with van der Waals surface area (Å²) in [6.45, 7) is 0. The number of benzene rings is 1. The normalized spacial score (nSPS) is 16.4. The molecule has 0 unspecified atom stereocenters. The van der Waals surface area contributed by atoms with E-state index >= 15 is 0 Å². The Morgan fingerprint density at radius 3 is 2.33 bits per heavy atom. The van der Waals surface area contributed by atoms with Gasteiger partial charge < -0.3 is 10.2 Å². The number of carbonyl (C=O) groups is 2. The van der Waals surface area contributed by atoms with Gasteiger partial charge in [-0.1, -0.05) is 25.3 Å². The van der Waals surface area contributed by atoms with Crippen LogP contribution in [0.5, 0.6) is 5.75 Å². The number of hydrogen-bond acceptors (Lipinski definition) is 3. The monoisotopic (exact) mass is 248 g/mol. The van der Waals surface area contributed by atoms with Crippen LogP contribution in [0.15, 0.2) is 18.2 Å². The lowest BCUT2D eigenvalue weighted by molar-refractivity contribution is -0.131. The highest BCUT2D eigenvalue weighted by atomic mass is 16.4. The number of aromatic hydroxyl groups is 1. The zero-order chi connectivity index (χ0) is 13.1. The van der Waals surface area contributed by atoms with Crippen LogP contribution in [-0.4, -0.2) is 22.0 Å². The highest BCUT2D eigenvalue weighted by molar-refractivity contribution is 6.40. The van der Waals surface area contributed by atoms with E-state index < -0.39 is 11.8 Å². The molecule has 0 atom stereocenters. The second kappa shape index (κ2) is 5.21. The number of carboxylic acid groups (broad SMARTS) is 1. The summed E-state index contributed by atoms with van der Waals surface area (Å²) in [5, 5.41) is 18.4. The van der Waals surface area contributed by atoms with Crippen LogP contribution in [0.3, 0.4) is 0 Å². The van der Waals surface area contributed by atoms with Crippen LogP contribution < -0.4 is 0 Å². The number of phenols is 1. The molecule has 18 heavy (non-hydrogen) atoms. The number of phenolic OH excluding ortho intramolecular Hbond substituents is 1. The molecule has 0 amide bonds. The molecule has 1 fully saturated rings. The van der Waals surface area contributed by atoms with Crippen molar-refractivity contribution < 1.29 is 19.8 Å². The van der Waals surface area contributed by atoms with Crippen LogP contribution in [0, 0.1) is 0 Å². The summed E-state index contributed by atoms with van der Waals surface area (Å²) < 4.78 is 0. The first-order chi connectivity index (χ1) is 8.59. The van der Waals surface area contributed by atoms with E-state index in [0.717, 1.165) is 18.4 Å². The number of carbonyl (C=O) groups excluding carboxylic acids is 1. The van der Waals surface area contributed by atoms with E-state index in [4.69, 9.17) is 5.11 Å². The number of carboxylic acids is 1. The zero-order valence-electron chi connectivity index (χ0n) is 10.1. The molecule has 0 radical (unpaired) electrons. The molecule has 96 valence electrons. The molecule has 1 aromatic rings. The van der Waals surface area contributed by atoms with E-state index in [9.17, 15) is 14.7 Å². The molecule has 1 aromatic carbocycles. The van der Waals surface area contributed by atoms with Crippen LogP contribution in [-0.2, 0) is 4.79 Å². The Morgan fingerprint density at radius 1 is 1.11 bits per heavy atom. The minimum atomic E-state index is -1.55. The zero-order valence-corrected chi connectivity index (χ0v) is 10.1. The standard InChI is InChI=1S/C14H16O4/c15-12-8-10(9-4-2-1-3-5-9)6-7-11(12)13(16)14(17)18/h6-9,15H,1-5H2,(H,17,18). The van der Waals surface area contributed by atoms with E-state index in [1.807, 2.05) is 0 Å². The van der Waals surface area contributed by atoms with Crippen molar-refractivity contribution in [1.29, 1.82) is 0 Å². The summed E-state index contributed by atoms with van der Waals surface area (Å²) in [4.78, 5) is 21.9. The molecular weight excluding hydrogens is 232 g/mol. The summed E-state index contributed by atoms with van der Waals surface area (Å²) in [6.07, 6.45) is 5.79. The van der Waals surface area contributed by atoms with Crippen LogP contribution in [0.2, 0.25) is 0 Å². The van der Waals surface area contributed by atoms with Crippen LogP contribution in [0.25, 0.3) is 0 Å². The van der Waals surface area contributed by atoms with Crippen molar-refractivity contribution >= 4 is 11.8 Å². The Balaban J connectivity index is 2.24. The lowest BCUT2D eigenvalue weighted by atomic mass is 9.83. The molecule has 0 spiro atoms. The number of hydrogen-bond donors (Lipinski definition) is 2. The molecule has 0 heterocycles. The van der Waals surface area contributed by atoms with Gasteiger partial charge in [0.25, 0.3) is 5.78 Å². The van der Waals surface area contributed by atoms with Crippen molar-refractivity contribution in [3.63, 3.8) is 0 Å². The first kappa shape index (κ1) is 12.6. The molecule has 2 N–H and O–H groups in total. The van der Waals surface area contributed by atoms with Gasteiger partial charge >= 0.3 is 5.97 Å². The largest absolute Gasteiger partial charge is 0.507 e. The highest BCUT2D eigenvalue weighted by Gasteiger charge is 2.21. The Morgan fingerprint density at radius 2 is 1.78 bits per heavy atom. The fraction of sp³-hybridized carbons (Fsp3) is 0.429. The summed E-state index contributed by atoms with van der Waals surface area (Å²) in [6, 6.07) is 4.70. The lowest BCUT2D eigenvalue weighted by Crippen LogP contribution is -2.13. The highest BCUT2D eigenvalue weighted by Crippen LogP contribution is 2.34. The molecule has 1 aliphatic rings. The van der Waals surface area contributed by atoms with Crippen LogP contribution >= 0.6 is 0 Å². The van der Waals surface area contributed by atoms with Gasteiger partial charge in [0, 0.05) is 0 Å². The van der Waals surface area contributed by atoms with Gasteiger partial charge in [-0.15, -0.1) is 0 Å². The van der Waals surface area contributed by atoms with Gasteiger partial charge in [0.15, 0.2) is 0 Å². The van der Waals surface area contributed by atoms with E-state index in [2.05, 4.69) is 0 Å². The second-order valence-electron chi connectivity index (χ2n) is 4.75. The quantitative estimate of drug-likeness (QED) is 0.637. The van der Waals surface area contributed by atoms with Crippen LogP contribution in [0.1, 0.15) is 53.9 Å². The molecule has 4 heteroatoms. The van der Waals surface area contributed by atoms with Gasteiger partial charge in [0.05, 0.1) is 5.56 Å². The fourth-order valence-corrected chi connectivity index (χ4v) is 2.55. The first-order valence-corrected chi connectivity index (χ1v) is 6.20. The van der Waals surface area contributed by atoms with Gasteiger partial charge in [-0.3, -0.25) is 4.79 Å². The van der Waals surface area contributed by atoms with E-state index in [-0.39, 0.29) is 11.3 Å². The maximum atomic E-state index is 11.3. The summed E-state index contributed by atoms with van der Waals surface area (Å²) in [5.74, 6) is -2.43. The van der Waals surface area contributed by atoms with Crippen molar-refractivity contribution in [3.8, 4) is 5.75 Å². The topological polar surface area (TPSA) is 74.6 Å². The summed E-state index contributed by atoms with van der Waals surface area (Å²) >= 11 is 0. The second-order valence-corrected chi connectivity index (χ2v) is 4.75. The first-order valence-electron chi connectivity index (χ1n) is 6.20. The number of aliphatic carboxylic acids is 1. The summed E-state index contributed by atoms with van der Waals surface area (Å²) in [5.41, 5.74) is 0.858. The smallest absolute Gasteiger partial charge is 0.377 e. The Bertz CT molecular complexity index is 473. The van der Waals surface area contributed by atoms with Crippen LogP contribution in [0.4, 0.5) is 0 Å². The molecule has 4 nitrogen and oxygen atoms in total. The molecule has 1 saturated carbocycles. The number of rotatable bonds is 3. The number of Topliss-reactive ketones (excluding diaryl/α,β-unsaturated/α-hetero) is 1.